The van der Waals surface area contributed by atoms with Crippen molar-refractivity contribution in [3.8, 4) is 0 Å². The van der Waals surface area contributed by atoms with Gasteiger partial charge in [-0.2, -0.15) is 0 Å². The maximum atomic E-state index is 11.0. The van der Waals surface area contributed by atoms with Crippen molar-refractivity contribution in [3.63, 3.8) is 0 Å². The molecule has 0 spiro atoms. The van der Waals surface area contributed by atoms with Crippen LogP contribution in [0.15, 0.2) is 12.1 Å². The zero-order valence-electron chi connectivity index (χ0n) is 10.9. The number of hydrogen-bond donors (Lipinski definition) is 3. The number of pyridine rings is 1. The van der Waals surface area contributed by atoms with Crippen LogP contribution < -0.4 is 16.6 Å². The van der Waals surface area contributed by atoms with Gasteiger partial charge in [0.15, 0.2) is 0 Å². The van der Waals surface area contributed by atoms with Crippen molar-refractivity contribution in [3.05, 3.63) is 22.2 Å². The van der Waals surface area contributed by atoms with Gasteiger partial charge in [0.1, 0.15) is 5.82 Å². The van der Waals surface area contributed by atoms with E-state index >= 15 is 0 Å². The van der Waals surface area contributed by atoms with E-state index in [1.807, 2.05) is 0 Å². The maximum absolute atomic E-state index is 11.0. The number of anilines is 2. The third-order valence-electron chi connectivity index (χ3n) is 3.58. The van der Waals surface area contributed by atoms with E-state index in [0.29, 0.717) is 11.6 Å². The minimum atomic E-state index is -0.429. The Kier molecular flexibility index (Phi) is 4.16. The van der Waals surface area contributed by atoms with Crippen molar-refractivity contribution < 1.29 is 4.92 Å². The second-order valence-electron chi connectivity index (χ2n) is 5.07. The minimum Gasteiger partial charge on any atom is -0.362 e. The molecule has 1 fully saturated rings. The van der Waals surface area contributed by atoms with Crippen LogP contribution in [0.4, 0.5) is 17.3 Å². The molecule has 0 aliphatic heterocycles. The van der Waals surface area contributed by atoms with Crippen LogP contribution in [0, 0.1) is 16.0 Å². The fourth-order valence-electron chi connectivity index (χ4n) is 2.38. The van der Waals surface area contributed by atoms with E-state index in [1.54, 1.807) is 0 Å². The Morgan fingerprint density at radius 1 is 1.37 bits per heavy atom. The molecular formula is C12H19N5O2. The van der Waals surface area contributed by atoms with Crippen molar-refractivity contribution in [1.82, 2.24) is 4.98 Å². The van der Waals surface area contributed by atoms with Gasteiger partial charge in [-0.25, -0.2) is 10.8 Å². The quantitative estimate of drug-likeness (QED) is 0.438. The Morgan fingerprint density at radius 3 is 2.63 bits per heavy atom. The zero-order valence-corrected chi connectivity index (χ0v) is 10.9. The van der Waals surface area contributed by atoms with Gasteiger partial charge in [0.25, 0.3) is 0 Å². The first kappa shape index (κ1) is 13.5. The summed E-state index contributed by atoms with van der Waals surface area (Å²) >= 11 is 0. The van der Waals surface area contributed by atoms with Gasteiger partial charge in [0.05, 0.1) is 4.92 Å². The number of nitrogens with two attached hydrogens (primary N) is 1. The number of hydrazine groups is 1. The molecule has 2 rings (SSSR count). The molecule has 1 aliphatic carbocycles. The lowest BCUT2D eigenvalue weighted by atomic mass is 9.87. The predicted octanol–water partition coefficient (Wildman–Crippen LogP) is 2.27. The second kappa shape index (κ2) is 5.83. The lowest BCUT2D eigenvalue weighted by molar-refractivity contribution is -0.384. The molecular weight excluding hydrogens is 246 g/mol. The number of hydrogen-bond acceptors (Lipinski definition) is 6. The topological polar surface area (TPSA) is 106 Å². The van der Waals surface area contributed by atoms with E-state index in [2.05, 4.69) is 22.7 Å². The fourth-order valence-corrected chi connectivity index (χ4v) is 2.38. The van der Waals surface area contributed by atoms with E-state index in [9.17, 15) is 10.1 Å². The summed E-state index contributed by atoms with van der Waals surface area (Å²) in [6.07, 6.45) is 4.31. The standard InChI is InChI=1S/C12H19N5O2/c1-8-2-4-9(5-3-8)14-12-10(17(18)19)6-7-11(15-12)16-13/h6-9H,2-5,13H2,1H3,(H2,14,15,16). The molecule has 0 saturated heterocycles. The van der Waals surface area contributed by atoms with Crippen LogP contribution in [0.5, 0.6) is 0 Å². The molecule has 0 unspecified atom stereocenters. The molecule has 0 bridgehead atoms. The van der Waals surface area contributed by atoms with Crippen molar-refractivity contribution in [2.75, 3.05) is 10.7 Å². The summed E-state index contributed by atoms with van der Waals surface area (Å²) in [4.78, 5) is 14.7. The van der Waals surface area contributed by atoms with Gasteiger partial charge < -0.3 is 10.7 Å². The van der Waals surface area contributed by atoms with E-state index in [4.69, 9.17) is 5.84 Å². The number of nitrogens with zero attached hydrogens (tertiary/aromatic N) is 2. The van der Waals surface area contributed by atoms with Crippen LogP contribution in [-0.4, -0.2) is 15.9 Å². The number of nitrogens with one attached hydrogen (secondary N) is 2. The van der Waals surface area contributed by atoms with E-state index in [1.165, 1.54) is 12.1 Å². The fraction of sp³-hybridized carbons (Fsp3) is 0.583. The van der Waals surface area contributed by atoms with Gasteiger partial charge in [-0.05, 0) is 37.7 Å². The van der Waals surface area contributed by atoms with Gasteiger partial charge in [0, 0.05) is 12.1 Å². The normalized spacial score (nSPS) is 22.8. The number of aromatic nitrogens is 1. The molecule has 0 radical (unpaired) electrons. The molecule has 0 amide bonds. The number of nitrogen functional groups attached to an aromatic ring is 1. The molecule has 1 aliphatic rings. The molecule has 4 N–H and O–H groups in total. The molecule has 1 aromatic heterocycles. The third kappa shape index (κ3) is 3.31. The van der Waals surface area contributed by atoms with E-state index in [-0.39, 0.29) is 11.7 Å². The van der Waals surface area contributed by atoms with Gasteiger partial charge >= 0.3 is 5.69 Å². The van der Waals surface area contributed by atoms with Crippen molar-refractivity contribution in [2.24, 2.45) is 11.8 Å². The average molecular weight is 265 g/mol. The highest BCUT2D eigenvalue weighted by Crippen LogP contribution is 2.29. The molecule has 1 aromatic rings. The summed E-state index contributed by atoms with van der Waals surface area (Å²) in [5.41, 5.74) is 2.39. The molecule has 1 heterocycles. The monoisotopic (exact) mass is 265 g/mol. The summed E-state index contributed by atoms with van der Waals surface area (Å²) in [5.74, 6) is 6.73. The number of nitro groups is 1. The highest BCUT2D eigenvalue weighted by atomic mass is 16.6. The van der Waals surface area contributed by atoms with Gasteiger partial charge in [-0.3, -0.25) is 10.1 Å². The molecule has 7 heteroatoms. The lowest BCUT2D eigenvalue weighted by Gasteiger charge is -2.27. The first-order chi connectivity index (χ1) is 9.10. The Balaban J connectivity index is 2.15. The lowest BCUT2D eigenvalue weighted by Crippen LogP contribution is -2.26. The zero-order chi connectivity index (χ0) is 13.8. The molecule has 104 valence electrons. The highest BCUT2D eigenvalue weighted by Gasteiger charge is 2.22. The summed E-state index contributed by atoms with van der Waals surface area (Å²) in [5, 5.41) is 14.2. The minimum absolute atomic E-state index is 0.0161. The average Bonchev–Trinajstić information content (AvgIpc) is 2.41. The summed E-state index contributed by atoms with van der Waals surface area (Å²) in [6, 6.07) is 3.15. The molecule has 19 heavy (non-hydrogen) atoms. The van der Waals surface area contributed by atoms with Crippen LogP contribution in [0.3, 0.4) is 0 Å². The van der Waals surface area contributed by atoms with E-state index in [0.717, 1.165) is 31.6 Å². The van der Waals surface area contributed by atoms with Crippen molar-refractivity contribution in [2.45, 2.75) is 38.6 Å². The van der Waals surface area contributed by atoms with Gasteiger partial charge in [-0.15, -0.1) is 0 Å². The smallest absolute Gasteiger partial charge is 0.311 e. The molecule has 1 saturated carbocycles. The second-order valence-corrected chi connectivity index (χ2v) is 5.07. The third-order valence-corrected chi connectivity index (χ3v) is 3.58. The van der Waals surface area contributed by atoms with Gasteiger partial charge in [-0.1, -0.05) is 6.92 Å². The van der Waals surface area contributed by atoms with Crippen molar-refractivity contribution in [1.29, 1.82) is 0 Å². The molecule has 7 nitrogen and oxygen atoms in total. The van der Waals surface area contributed by atoms with Crippen molar-refractivity contribution >= 4 is 17.3 Å². The SMILES string of the molecule is CC1CCC(Nc2nc(NN)ccc2[N+](=O)[O-])CC1. The first-order valence-electron chi connectivity index (χ1n) is 6.48. The first-order valence-corrected chi connectivity index (χ1v) is 6.48. The van der Waals surface area contributed by atoms with Crippen LogP contribution in [0.2, 0.25) is 0 Å². The molecule has 0 atom stereocenters. The Bertz CT molecular complexity index is 457. The maximum Gasteiger partial charge on any atom is 0.311 e. The predicted molar refractivity (Wildman–Crippen MR) is 73.7 cm³/mol. The van der Waals surface area contributed by atoms with Crippen LogP contribution in [0.1, 0.15) is 32.6 Å². The summed E-state index contributed by atoms with van der Waals surface area (Å²) in [7, 11) is 0. The van der Waals surface area contributed by atoms with Crippen LogP contribution >= 0.6 is 0 Å². The molecule has 0 aromatic carbocycles. The van der Waals surface area contributed by atoms with Gasteiger partial charge in [0.2, 0.25) is 5.82 Å². The Morgan fingerprint density at radius 2 is 2.05 bits per heavy atom. The van der Waals surface area contributed by atoms with Crippen LogP contribution in [0.25, 0.3) is 0 Å². The largest absolute Gasteiger partial charge is 0.362 e. The highest BCUT2D eigenvalue weighted by molar-refractivity contribution is 5.60. The summed E-state index contributed by atoms with van der Waals surface area (Å²) in [6.45, 7) is 2.23. The Labute approximate surface area is 111 Å². The van der Waals surface area contributed by atoms with Crippen LogP contribution in [-0.2, 0) is 0 Å². The number of rotatable bonds is 4. The Hall–Kier alpha value is -1.89. The summed E-state index contributed by atoms with van der Waals surface area (Å²) < 4.78 is 0. The van der Waals surface area contributed by atoms with E-state index < -0.39 is 4.92 Å².